The Morgan fingerprint density at radius 2 is 1.61 bits per heavy atom. The van der Waals surface area contributed by atoms with Crippen LogP contribution in [-0.2, 0) is 27.3 Å². The van der Waals surface area contributed by atoms with Crippen molar-refractivity contribution in [1.82, 2.24) is 10.6 Å². The highest BCUT2D eigenvalue weighted by Crippen LogP contribution is 2.12. The van der Waals surface area contributed by atoms with Crippen LogP contribution in [0.2, 0.25) is 0 Å². The minimum atomic E-state index is -0.574. The van der Waals surface area contributed by atoms with Gasteiger partial charge in [0.25, 0.3) is 0 Å². The Morgan fingerprint density at radius 3 is 2.29 bits per heavy atom. The molecule has 0 bridgehead atoms. The summed E-state index contributed by atoms with van der Waals surface area (Å²) in [6.45, 7) is 6.29. The third-order valence-electron chi connectivity index (χ3n) is 4.71. The van der Waals surface area contributed by atoms with Gasteiger partial charge in [-0.2, -0.15) is 0 Å². The first-order valence-corrected chi connectivity index (χ1v) is 10.9. The summed E-state index contributed by atoms with van der Waals surface area (Å²) in [5.74, 6) is -0.123. The Bertz CT molecular complexity index is 865. The average Bonchev–Trinajstić information content (AvgIpc) is 2.72. The second-order valence-electron chi connectivity index (χ2n) is 8.14. The molecule has 166 valence electrons. The molecule has 2 aromatic carbocycles. The number of rotatable bonds is 11. The fraction of sp³-hybridized carbons (Fsp3) is 0.400. The fourth-order valence-corrected chi connectivity index (χ4v) is 3.24. The molecule has 1 atom stereocenters. The van der Waals surface area contributed by atoms with Crippen LogP contribution in [0.5, 0.6) is 0 Å². The van der Waals surface area contributed by atoms with Crippen LogP contribution in [0.25, 0.3) is 0 Å². The van der Waals surface area contributed by atoms with E-state index in [0.29, 0.717) is 25.1 Å². The van der Waals surface area contributed by atoms with E-state index in [4.69, 9.17) is 0 Å². The second kappa shape index (κ2) is 12.5. The van der Waals surface area contributed by atoms with Crippen LogP contribution in [0.4, 0.5) is 5.69 Å². The Labute approximate surface area is 184 Å². The average molecular weight is 424 g/mol. The molecule has 0 aliphatic carbocycles. The standard InChI is InChI=1S/C25H33N3O3/c1-4-9-22(28-24(30)16-19-10-6-5-7-11-19)25(31)26-17-20-12-8-13-21(15-20)27-23(29)14-18(2)3/h5-8,10-13,15,18,22H,4,9,14,16-17H2,1-3H3,(H,26,31)(H,27,29)(H,28,30). The van der Waals surface area contributed by atoms with Crippen molar-refractivity contribution < 1.29 is 14.4 Å². The molecule has 0 heterocycles. The van der Waals surface area contributed by atoms with Crippen molar-refractivity contribution >= 4 is 23.4 Å². The zero-order chi connectivity index (χ0) is 22.6. The Hall–Kier alpha value is -3.15. The van der Waals surface area contributed by atoms with Crippen molar-refractivity contribution in [3.05, 3.63) is 65.7 Å². The van der Waals surface area contributed by atoms with Crippen molar-refractivity contribution in [2.75, 3.05) is 5.32 Å². The van der Waals surface area contributed by atoms with E-state index in [9.17, 15) is 14.4 Å². The number of benzene rings is 2. The van der Waals surface area contributed by atoms with Crippen molar-refractivity contribution in [3.63, 3.8) is 0 Å². The van der Waals surface area contributed by atoms with E-state index in [0.717, 1.165) is 17.5 Å². The van der Waals surface area contributed by atoms with Gasteiger partial charge in [0.15, 0.2) is 0 Å². The predicted molar refractivity (Wildman–Crippen MR) is 123 cm³/mol. The first-order chi connectivity index (χ1) is 14.9. The number of carbonyl (C=O) groups excluding carboxylic acids is 3. The molecule has 0 spiro atoms. The second-order valence-corrected chi connectivity index (χ2v) is 8.14. The summed E-state index contributed by atoms with van der Waals surface area (Å²) in [6, 6.07) is 16.3. The fourth-order valence-electron chi connectivity index (χ4n) is 3.24. The highest BCUT2D eigenvalue weighted by molar-refractivity contribution is 5.91. The highest BCUT2D eigenvalue weighted by atomic mass is 16.2. The molecular weight excluding hydrogens is 390 g/mol. The smallest absolute Gasteiger partial charge is 0.242 e. The first kappa shape index (κ1) is 24.1. The summed E-state index contributed by atoms with van der Waals surface area (Å²) in [5.41, 5.74) is 2.49. The van der Waals surface area contributed by atoms with Gasteiger partial charge in [-0.15, -0.1) is 0 Å². The van der Waals surface area contributed by atoms with E-state index in [1.807, 2.05) is 75.4 Å². The van der Waals surface area contributed by atoms with Crippen molar-refractivity contribution in [3.8, 4) is 0 Å². The van der Waals surface area contributed by atoms with Gasteiger partial charge in [-0.1, -0.05) is 69.7 Å². The molecule has 0 radical (unpaired) electrons. The summed E-state index contributed by atoms with van der Waals surface area (Å²) in [7, 11) is 0. The SMILES string of the molecule is CCCC(NC(=O)Cc1ccccc1)C(=O)NCc1cccc(NC(=O)CC(C)C)c1. The summed E-state index contributed by atoms with van der Waals surface area (Å²) >= 11 is 0. The number of carbonyl (C=O) groups is 3. The maximum Gasteiger partial charge on any atom is 0.242 e. The van der Waals surface area contributed by atoms with Gasteiger partial charge in [0.05, 0.1) is 6.42 Å². The van der Waals surface area contributed by atoms with E-state index in [1.54, 1.807) is 0 Å². The van der Waals surface area contributed by atoms with Crippen LogP contribution in [0.15, 0.2) is 54.6 Å². The van der Waals surface area contributed by atoms with Crippen LogP contribution in [0.3, 0.4) is 0 Å². The summed E-state index contributed by atoms with van der Waals surface area (Å²) < 4.78 is 0. The Morgan fingerprint density at radius 1 is 0.903 bits per heavy atom. The zero-order valence-electron chi connectivity index (χ0n) is 18.6. The molecule has 3 amide bonds. The number of anilines is 1. The molecule has 0 aliphatic heterocycles. The number of hydrogen-bond acceptors (Lipinski definition) is 3. The zero-order valence-corrected chi connectivity index (χ0v) is 18.6. The van der Waals surface area contributed by atoms with Gasteiger partial charge >= 0.3 is 0 Å². The monoisotopic (exact) mass is 423 g/mol. The van der Waals surface area contributed by atoms with E-state index in [-0.39, 0.29) is 30.1 Å². The third-order valence-corrected chi connectivity index (χ3v) is 4.71. The Kier molecular flexibility index (Phi) is 9.75. The van der Waals surface area contributed by atoms with Crippen LogP contribution in [0.1, 0.15) is 51.2 Å². The highest BCUT2D eigenvalue weighted by Gasteiger charge is 2.19. The van der Waals surface area contributed by atoms with Gasteiger partial charge in [0, 0.05) is 18.7 Å². The molecule has 6 nitrogen and oxygen atoms in total. The lowest BCUT2D eigenvalue weighted by atomic mass is 10.1. The summed E-state index contributed by atoms with van der Waals surface area (Å²) in [4.78, 5) is 37.0. The van der Waals surface area contributed by atoms with E-state index in [2.05, 4.69) is 16.0 Å². The minimum Gasteiger partial charge on any atom is -0.350 e. The molecule has 0 saturated heterocycles. The molecule has 0 aromatic heterocycles. The topological polar surface area (TPSA) is 87.3 Å². The quantitative estimate of drug-likeness (QED) is 0.513. The lowest BCUT2D eigenvalue weighted by Crippen LogP contribution is -2.46. The van der Waals surface area contributed by atoms with Crippen LogP contribution in [-0.4, -0.2) is 23.8 Å². The van der Waals surface area contributed by atoms with E-state index in [1.165, 1.54) is 0 Å². The van der Waals surface area contributed by atoms with Crippen LogP contribution in [0, 0.1) is 5.92 Å². The molecular formula is C25H33N3O3. The van der Waals surface area contributed by atoms with Crippen molar-refractivity contribution in [2.45, 2.75) is 59.0 Å². The van der Waals surface area contributed by atoms with Gasteiger partial charge < -0.3 is 16.0 Å². The van der Waals surface area contributed by atoms with Gasteiger partial charge in [-0.3, -0.25) is 14.4 Å². The molecule has 0 fully saturated rings. The predicted octanol–water partition coefficient (Wildman–Crippen LogP) is 3.82. The molecule has 2 aromatic rings. The lowest BCUT2D eigenvalue weighted by molar-refractivity contribution is -0.129. The van der Waals surface area contributed by atoms with Crippen LogP contribution < -0.4 is 16.0 Å². The van der Waals surface area contributed by atoms with Gasteiger partial charge in [-0.25, -0.2) is 0 Å². The number of nitrogens with one attached hydrogen (secondary N) is 3. The van der Waals surface area contributed by atoms with Gasteiger partial charge in [0.2, 0.25) is 17.7 Å². The van der Waals surface area contributed by atoms with Crippen molar-refractivity contribution in [1.29, 1.82) is 0 Å². The lowest BCUT2D eigenvalue weighted by Gasteiger charge is -2.18. The summed E-state index contributed by atoms with van der Waals surface area (Å²) in [5, 5.41) is 8.63. The van der Waals surface area contributed by atoms with E-state index >= 15 is 0 Å². The molecule has 0 saturated carbocycles. The minimum absolute atomic E-state index is 0.0275. The molecule has 31 heavy (non-hydrogen) atoms. The molecule has 2 rings (SSSR count). The van der Waals surface area contributed by atoms with Gasteiger partial charge in [-0.05, 0) is 35.6 Å². The molecule has 6 heteroatoms. The van der Waals surface area contributed by atoms with Crippen LogP contribution >= 0.6 is 0 Å². The molecule has 1 unspecified atom stereocenters. The summed E-state index contributed by atoms with van der Waals surface area (Å²) in [6.07, 6.45) is 2.05. The Balaban J connectivity index is 1.90. The van der Waals surface area contributed by atoms with Gasteiger partial charge in [0.1, 0.15) is 6.04 Å². The maximum absolute atomic E-state index is 12.7. The molecule has 0 aliphatic rings. The third kappa shape index (κ3) is 9.03. The first-order valence-electron chi connectivity index (χ1n) is 10.9. The van der Waals surface area contributed by atoms with E-state index < -0.39 is 6.04 Å². The normalized spacial score (nSPS) is 11.6. The van der Waals surface area contributed by atoms with Crippen molar-refractivity contribution in [2.24, 2.45) is 5.92 Å². The number of hydrogen-bond donors (Lipinski definition) is 3. The maximum atomic E-state index is 12.7. The largest absolute Gasteiger partial charge is 0.350 e. The molecule has 3 N–H and O–H groups in total. The number of amides is 3.